The minimum atomic E-state index is -0.179. The molecule has 0 aliphatic rings. The highest BCUT2D eigenvalue weighted by Crippen LogP contribution is 2.26. The molecule has 112 valence electrons. The van der Waals surface area contributed by atoms with Crippen LogP contribution in [0.25, 0.3) is 10.8 Å². The van der Waals surface area contributed by atoms with Gasteiger partial charge in [0.25, 0.3) is 0 Å². The minimum Gasteiger partial charge on any atom is -0.330 e. The fourth-order valence-corrected chi connectivity index (χ4v) is 2.49. The lowest BCUT2D eigenvalue weighted by Gasteiger charge is -2.24. The van der Waals surface area contributed by atoms with Crippen LogP contribution >= 0.6 is 0 Å². The highest BCUT2D eigenvalue weighted by Gasteiger charge is 2.24. The topological polar surface area (TPSA) is 68.0 Å². The van der Waals surface area contributed by atoms with Gasteiger partial charge in [-0.05, 0) is 24.0 Å². The summed E-state index contributed by atoms with van der Waals surface area (Å²) in [7, 11) is 0. The molecule has 3 N–H and O–H groups in total. The Kier molecular flexibility index (Phi) is 4.58. The molecule has 4 nitrogen and oxygen atoms in total. The summed E-state index contributed by atoms with van der Waals surface area (Å²) in [6.45, 7) is 6.71. The molecule has 0 radical (unpaired) electrons. The number of anilines is 1. The van der Waals surface area contributed by atoms with Gasteiger partial charge in [0.1, 0.15) is 0 Å². The van der Waals surface area contributed by atoms with E-state index in [2.05, 4.69) is 31.1 Å². The highest BCUT2D eigenvalue weighted by atomic mass is 16.1. The number of fused-ring (bicyclic) bond motifs is 1. The first-order chi connectivity index (χ1) is 9.90. The third-order valence-electron chi connectivity index (χ3n) is 3.45. The Bertz CT molecular complexity index is 626. The number of carbonyl (C=O) groups excluding carboxylic acids is 1. The Morgan fingerprint density at radius 3 is 2.76 bits per heavy atom. The summed E-state index contributed by atoms with van der Waals surface area (Å²) < 4.78 is 0. The number of amides is 1. The highest BCUT2D eigenvalue weighted by molar-refractivity contribution is 6.02. The molecule has 21 heavy (non-hydrogen) atoms. The Labute approximate surface area is 125 Å². The van der Waals surface area contributed by atoms with E-state index >= 15 is 0 Å². The van der Waals surface area contributed by atoms with E-state index < -0.39 is 0 Å². The Morgan fingerprint density at radius 1 is 1.33 bits per heavy atom. The van der Waals surface area contributed by atoms with E-state index in [1.807, 2.05) is 24.3 Å². The van der Waals surface area contributed by atoms with Gasteiger partial charge in [0.05, 0.1) is 5.92 Å². The normalized spacial score (nSPS) is 13.1. The van der Waals surface area contributed by atoms with Crippen molar-refractivity contribution in [2.45, 2.75) is 27.2 Å². The van der Waals surface area contributed by atoms with Crippen LogP contribution in [-0.2, 0) is 4.79 Å². The third-order valence-corrected chi connectivity index (χ3v) is 3.45. The van der Waals surface area contributed by atoms with Crippen LogP contribution < -0.4 is 11.1 Å². The predicted octanol–water partition coefficient (Wildman–Crippen LogP) is 3.18. The molecule has 0 aliphatic carbocycles. The maximum absolute atomic E-state index is 12.5. The zero-order valence-corrected chi connectivity index (χ0v) is 12.9. The lowest BCUT2D eigenvalue weighted by atomic mass is 9.84. The van der Waals surface area contributed by atoms with Crippen molar-refractivity contribution in [3.05, 3.63) is 36.7 Å². The van der Waals surface area contributed by atoms with Gasteiger partial charge >= 0.3 is 0 Å². The SMILES string of the molecule is CC(C)(C)CC(CN)C(=O)Nc1cccc2cnccc12. The molecule has 0 spiro atoms. The molecule has 0 bridgehead atoms. The van der Waals surface area contributed by atoms with Gasteiger partial charge in [-0.25, -0.2) is 0 Å². The van der Waals surface area contributed by atoms with Gasteiger partial charge in [-0.1, -0.05) is 32.9 Å². The van der Waals surface area contributed by atoms with Crippen LogP contribution in [0.5, 0.6) is 0 Å². The van der Waals surface area contributed by atoms with E-state index in [0.29, 0.717) is 6.54 Å². The van der Waals surface area contributed by atoms with Crippen LogP contribution in [-0.4, -0.2) is 17.4 Å². The summed E-state index contributed by atoms with van der Waals surface area (Å²) in [5, 5.41) is 5.01. The fraction of sp³-hybridized carbons (Fsp3) is 0.412. The number of aromatic nitrogens is 1. The van der Waals surface area contributed by atoms with Crippen LogP contribution in [0.2, 0.25) is 0 Å². The van der Waals surface area contributed by atoms with Crippen LogP contribution in [0.1, 0.15) is 27.2 Å². The summed E-state index contributed by atoms with van der Waals surface area (Å²) >= 11 is 0. The zero-order valence-electron chi connectivity index (χ0n) is 12.9. The summed E-state index contributed by atoms with van der Waals surface area (Å²) in [4.78, 5) is 16.6. The molecule has 0 fully saturated rings. The molecule has 4 heteroatoms. The number of hydrogen-bond acceptors (Lipinski definition) is 3. The Hall–Kier alpha value is -1.94. The lowest BCUT2D eigenvalue weighted by molar-refractivity contribution is -0.120. The summed E-state index contributed by atoms with van der Waals surface area (Å²) in [5.74, 6) is -0.196. The van der Waals surface area contributed by atoms with E-state index in [4.69, 9.17) is 5.73 Å². The van der Waals surface area contributed by atoms with Crippen molar-refractivity contribution in [3.63, 3.8) is 0 Å². The molecule has 1 aromatic heterocycles. The van der Waals surface area contributed by atoms with Gasteiger partial charge in [0.2, 0.25) is 5.91 Å². The smallest absolute Gasteiger partial charge is 0.228 e. The summed E-state index contributed by atoms with van der Waals surface area (Å²) in [6, 6.07) is 7.71. The van der Waals surface area contributed by atoms with E-state index in [0.717, 1.165) is 22.9 Å². The van der Waals surface area contributed by atoms with Crippen molar-refractivity contribution in [1.82, 2.24) is 4.98 Å². The van der Waals surface area contributed by atoms with E-state index in [9.17, 15) is 4.79 Å². The number of pyridine rings is 1. The molecule has 2 rings (SSSR count). The van der Waals surface area contributed by atoms with E-state index in [1.165, 1.54) is 0 Å². The molecule has 1 aromatic carbocycles. The van der Waals surface area contributed by atoms with Crippen molar-refractivity contribution in [2.24, 2.45) is 17.1 Å². The van der Waals surface area contributed by atoms with Crippen LogP contribution in [0.3, 0.4) is 0 Å². The fourth-order valence-electron chi connectivity index (χ4n) is 2.49. The van der Waals surface area contributed by atoms with Gasteiger partial charge in [-0.2, -0.15) is 0 Å². The molecular weight excluding hydrogens is 262 g/mol. The van der Waals surface area contributed by atoms with Gasteiger partial charge in [0.15, 0.2) is 0 Å². The Morgan fingerprint density at radius 2 is 2.10 bits per heavy atom. The van der Waals surface area contributed by atoms with Crippen LogP contribution in [0, 0.1) is 11.3 Å². The number of benzene rings is 1. The number of nitrogens with zero attached hydrogens (tertiary/aromatic N) is 1. The monoisotopic (exact) mass is 285 g/mol. The second-order valence-corrected chi connectivity index (χ2v) is 6.59. The molecule has 2 aromatic rings. The first-order valence-electron chi connectivity index (χ1n) is 7.24. The first-order valence-corrected chi connectivity index (χ1v) is 7.24. The number of rotatable bonds is 4. The molecule has 1 heterocycles. The first kappa shape index (κ1) is 15.4. The maximum Gasteiger partial charge on any atom is 0.228 e. The molecule has 1 unspecified atom stereocenters. The largest absolute Gasteiger partial charge is 0.330 e. The van der Waals surface area contributed by atoms with Crippen molar-refractivity contribution >= 4 is 22.4 Å². The van der Waals surface area contributed by atoms with Crippen molar-refractivity contribution in [1.29, 1.82) is 0 Å². The van der Waals surface area contributed by atoms with Crippen LogP contribution in [0.4, 0.5) is 5.69 Å². The quantitative estimate of drug-likeness (QED) is 0.906. The van der Waals surface area contributed by atoms with Crippen LogP contribution in [0.15, 0.2) is 36.7 Å². The molecule has 1 amide bonds. The average Bonchev–Trinajstić information content (AvgIpc) is 2.44. The minimum absolute atomic E-state index is 0.0169. The van der Waals surface area contributed by atoms with Crippen molar-refractivity contribution < 1.29 is 4.79 Å². The number of nitrogens with one attached hydrogen (secondary N) is 1. The molecular formula is C17H23N3O. The Balaban J connectivity index is 2.21. The number of hydrogen-bond donors (Lipinski definition) is 2. The second kappa shape index (κ2) is 6.22. The standard InChI is InChI=1S/C17H23N3O/c1-17(2,3)9-13(10-18)16(21)20-15-6-4-5-12-11-19-8-7-14(12)15/h4-8,11,13H,9-10,18H2,1-3H3,(H,20,21). The molecule has 0 aliphatic heterocycles. The number of carbonyl (C=O) groups is 1. The van der Waals surface area contributed by atoms with Gasteiger partial charge in [-0.3, -0.25) is 9.78 Å². The zero-order chi connectivity index (χ0) is 15.5. The van der Waals surface area contributed by atoms with Gasteiger partial charge in [0, 0.05) is 35.4 Å². The van der Waals surface area contributed by atoms with Crippen molar-refractivity contribution in [3.8, 4) is 0 Å². The van der Waals surface area contributed by atoms with Gasteiger partial charge in [-0.15, -0.1) is 0 Å². The average molecular weight is 285 g/mol. The summed E-state index contributed by atoms with van der Waals surface area (Å²) in [5.41, 5.74) is 6.66. The molecule has 0 saturated carbocycles. The third kappa shape index (κ3) is 4.02. The molecule has 0 saturated heterocycles. The summed E-state index contributed by atoms with van der Waals surface area (Å²) in [6.07, 6.45) is 4.29. The van der Waals surface area contributed by atoms with E-state index in [-0.39, 0.29) is 17.2 Å². The number of nitrogens with two attached hydrogens (primary N) is 1. The van der Waals surface area contributed by atoms with Gasteiger partial charge < -0.3 is 11.1 Å². The second-order valence-electron chi connectivity index (χ2n) is 6.59. The van der Waals surface area contributed by atoms with E-state index in [1.54, 1.807) is 12.4 Å². The molecule has 1 atom stereocenters. The maximum atomic E-state index is 12.5. The van der Waals surface area contributed by atoms with Crippen molar-refractivity contribution in [2.75, 3.05) is 11.9 Å². The predicted molar refractivity (Wildman–Crippen MR) is 87.0 cm³/mol. The lowest BCUT2D eigenvalue weighted by Crippen LogP contribution is -2.32.